The summed E-state index contributed by atoms with van der Waals surface area (Å²) in [5.74, 6) is 0. The minimum absolute atomic E-state index is 0.895. The van der Waals surface area contributed by atoms with Gasteiger partial charge >= 0.3 is 0 Å². The monoisotopic (exact) mass is 249 g/mol. The summed E-state index contributed by atoms with van der Waals surface area (Å²) >= 11 is 0. The number of nitrogens with zero attached hydrogens (tertiary/aromatic N) is 3. The lowest BCUT2D eigenvalue weighted by Gasteiger charge is -2.03. The molecule has 1 heterocycles. The standard InChI is InChI=1S/C16H15N3/c1-12-6-5-8-14(10-12)15-11-19(18-17-15)16-9-4-3-7-13(16)2/h3-11H,1-2H3. The van der Waals surface area contributed by atoms with E-state index in [4.69, 9.17) is 0 Å². The van der Waals surface area contributed by atoms with Crippen LogP contribution in [0.5, 0.6) is 0 Å². The maximum atomic E-state index is 4.26. The summed E-state index contributed by atoms with van der Waals surface area (Å²) in [6.07, 6.45) is 1.97. The van der Waals surface area contributed by atoms with Gasteiger partial charge in [-0.1, -0.05) is 47.2 Å². The molecule has 0 saturated carbocycles. The molecule has 0 aliphatic rings. The molecule has 0 amide bonds. The zero-order valence-electron chi connectivity index (χ0n) is 11.0. The van der Waals surface area contributed by atoms with Crippen LogP contribution in [0.25, 0.3) is 16.9 Å². The van der Waals surface area contributed by atoms with Gasteiger partial charge in [-0.25, -0.2) is 4.68 Å². The average Bonchev–Trinajstić information content (AvgIpc) is 2.89. The minimum atomic E-state index is 0.895. The second-order valence-corrected chi connectivity index (χ2v) is 4.70. The number of aryl methyl sites for hydroxylation is 2. The number of aromatic nitrogens is 3. The lowest BCUT2D eigenvalue weighted by atomic mass is 10.1. The molecule has 0 spiro atoms. The molecule has 0 radical (unpaired) electrons. The van der Waals surface area contributed by atoms with Crippen LogP contribution in [0.3, 0.4) is 0 Å². The summed E-state index contributed by atoms with van der Waals surface area (Å²) in [5, 5.41) is 8.48. The van der Waals surface area contributed by atoms with Gasteiger partial charge in [-0.3, -0.25) is 0 Å². The van der Waals surface area contributed by atoms with Crippen LogP contribution in [0.1, 0.15) is 11.1 Å². The van der Waals surface area contributed by atoms with Gasteiger partial charge in [-0.2, -0.15) is 0 Å². The average molecular weight is 249 g/mol. The van der Waals surface area contributed by atoms with Crippen molar-refractivity contribution >= 4 is 0 Å². The fourth-order valence-corrected chi connectivity index (χ4v) is 2.14. The SMILES string of the molecule is Cc1cccc(-c2cn(-c3ccccc3C)nn2)c1. The lowest BCUT2D eigenvalue weighted by molar-refractivity contribution is 0.799. The van der Waals surface area contributed by atoms with E-state index in [2.05, 4.69) is 48.4 Å². The van der Waals surface area contributed by atoms with Gasteiger partial charge in [0.15, 0.2) is 0 Å². The van der Waals surface area contributed by atoms with Crippen LogP contribution in [0.15, 0.2) is 54.7 Å². The summed E-state index contributed by atoms with van der Waals surface area (Å²) < 4.78 is 1.83. The zero-order valence-corrected chi connectivity index (χ0v) is 11.0. The Morgan fingerprint density at radius 2 is 1.79 bits per heavy atom. The van der Waals surface area contributed by atoms with Crippen molar-refractivity contribution < 1.29 is 0 Å². The highest BCUT2D eigenvalue weighted by Gasteiger charge is 2.06. The summed E-state index contributed by atoms with van der Waals surface area (Å²) in [4.78, 5) is 0. The number of rotatable bonds is 2. The Morgan fingerprint density at radius 1 is 0.947 bits per heavy atom. The Hall–Kier alpha value is -2.42. The first kappa shape index (κ1) is 11.7. The molecular formula is C16H15N3. The normalized spacial score (nSPS) is 10.6. The van der Waals surface area contributed by atoms with Crippen LogP contribution >= 0.6 is 0 Å². The molecular weight excluding hydrogens is 234 g/mol. The fraction of sp³-hybridized carbons (Fsp3) is 0.125. The van der Waals surface area contributed by atoms with Gasteiger partial charge in [-0.15, -0.1) is 5.10 Å². The first-order valence-electron chi connectivity index (χ1n) is 6.29. The summed E-state index contributed by atoms with van der Waals surface area (Å²) in [5.41, 5.74) is 5.46. The van der Waals surface area contributed by atoms with E-state index >= 15 is 0 Å². The van der Waals surface area contributed by atoms with E-state index in [1.807, 2.05) is 35.1 Å². The Labute approximate surface area is 112 Å². The molecule has 0 N–H and O–H groups in total. The first-order valence-corrected chi connectivity index (χ1v) is 6.29. The van der Waals surface area contributed by atoms with E-state index in [9.17, 15) is 0 Å². The topological polar surface area (TPSA) is 30.7 Å². The second kappa shape index (κ2) is 4.69. The molecule has 3 rings (SSSR count). The van der Waals surface area contributed by atoms with Crippen molar-refractivity contribution in [3.63, 3.8) is 0 Å². The van der Waals surface area contributed by atoms with E-state index in [0.717, 1.165) is 16.9 Å². The molecule has 19 heavy (non-hydrogen) atoms. The largest absolute Gasteiger partial charge is 0.220 e. The Morgan fingerprint density at radius 3 is 2.58 bits per heavy atom. The van der Waals surface area contributed by atoms with Crippen molar-refractivity contribution in [3.8, 4) is 16.9 Å². The minimum Gasteiger partial charge on any atom is -0.220 e. The molecule has 3 nitrogen and oxygen atoms in total. The van der Waals surface area contributed by atoms with Crippen molar-refractivity contribution in [2.45, 2.75) is 13.8 Å². The van der Waals surface area contributed by atoms with Crippen molar-refractivity contribution in [1.82, 2.24) is 15.0 Å². The number of para-hydroxylation sites is 1. The van der Waals surface area contributed by atoms with Crippen LogP contribution < -0.4 is 0 Å². The van der Waals surface area contributed by atoms with E-state index in [1.165, 1.54) is 11.1 Å². The molecule has 0 saturated heterocycles. The summed E-state index contributed by atoms with van der Waals surface area (Å²) in [7, 11) is 0. The maximum Gasteiger partial charge on any atom is 0.113 e. The number of hydrogen-bond donors (Lipinski definition) is 0. The molecule has 0 atom stereocenters. The highest BCUT2D eigenvalue weighted by Crippen LogP contribution is 2.19. The quantitative estimate of drug-likeness (QED) is 0.695. The molecule has 0 bridgehead atoms. The Kier molecular flexibility index (Phi) is 2.88. The van der Waals surface area contributed by atoms with Crippen molar-refractivity contribution in [2.75, 3.05) is 0 Å². The molecule has 0 fully saturated rings. The molecule has 1 aromatic heterocycles. The van der Waals surface area contributed by atoms with Gasteiger partial charge in [0, 0.05) is 5.56 Å². The molecule has 3 heteroatoms. The molecule has 0 aliphatic heterocycles. The highest BCUT2D eigenvalue weighted by molar-refractivity contribution is 5.59. The summed E-state index contributed by atoms with van der Waals surface area (Å²) in [6.45, 7) is 4.15. The van der Waals surface area contributed by atoms with Gasteiger partial charge in [-0.05, 0) is 31.5 Å². The van der Waals surface area contributed by atoms with Gasteiger partial charge in [0.05, 0.1) is 11.9 Å². The fourth-order valence-electron chi connectivity index (χ4n) is 2.14. The van der Waals surface area contributed by atoms with Crippen molar-refractivity contribution in [3.05, 3.63) is 65.9 Å². The first-order chi connectivity index (χ1) is 9.24. The smallest absolute Gasteiger partial charge is 0.113 e. The third-order valence-electron chi connectivity index (χ3n) is 3.17. The Bertz CT molecular complexity index is 713. The maximum absolute atomic E-state index is 4.26. The Balaban J connectivity index is 2.03. The predicted octanol–water partition coefficient (Wildman–Crippen LogP) is 3.55. The van der Waals surface area contributed by atoms with Crippen LogP contribution in [-0.2, 0) is 0 Å². The number of hydrogen-bond acceptors (Lipinski definition) is 2. The number of benzene rings is 2. The van der Waals surface area contributed by atoms with Crippen LogP contribution in [0.2, 0.25) is 0 Å². The molecule has 94 valence electrons. The third kappa shape index (κ3) is 2.27. The van der Waals surface area contributed by atoms with E-state index in [0.29, 0.717) is 0 Å². The van der Waals surface area contributed by atoms with Gasteiger partial charge in [0.25, 0.3) is 0 Å². The van der Waals surface area contributed by atoms with Gasteiger partial charge in [0.2, 0.25) is 0 Å². The van der Waals surface area contributed by atoms with Crippen LogP contribution in [0.4, 0.5) is 0 Å². The van der Waals surface area contributed by atoms with E-state index in [1.54, 1.807) is 0 Å². The molecule has 3 aromatic rings. The lowest BCUT2D eigenvalue weighted by Crippen LogP contribution is -1.96. The zero-order chi connectivity index (χ0) is 13.2. The highest BCUT2D eigenvalue weighted by atomic mass is 15.4. The van der Waals surface area contributed by atoms with Crippen LogP contribution in [0, 0.1) is 13.8 Å². The van der Waals surface area contributed by atoms with E-state index < -0.39 is 0 Å². The predicted molar refractivity (Wildman–Crippen MR) is 76.3 cm³/mol. The van der Waals surface area contributed by atoms with Gasteiger partial charge < -0.3 is 0 Å². The molecule has 0 unspecified atom stereocenters. The van der Waals surface area contributed by atoms with Gasteiger partial charge in [0.1, 0.15) is 5.69 Å². The van der Waals surface area contributed by atoms with Crippen molar-refractivity contribution in [2.24, 2.45) is 0 Å². The molecule has 0 aliphatic carbocycles. The van der Waals surface area contributed by atoms with Crippen molar-refractivity contribution in [1.29, 1.82) is 0 Å². The second-order valence-electron chi connectivity index (χ2n) is 4.70. The summed E-state index contributed by atoms with van der Waals surface area (Å²) in [6, 6.07) is 16.4. The third-order valence-corrected chi connectivity index (χ3v) is 3.17. The van der Waals surface area contributed by atoms with Crippen LogP contribution in [-0.4, -0.2) is 15.0 Å². The van der Waals surface area contributed by atoms with E-state index in [-0.39, 0.29) is 0 Å². The molecule has 2 aromatic carbocycles.